The molecule has 0 aliphatic carbocycles. The highest BCUT2D eigenvalue weighted by atomic mass is 35.5. The fourth-order valence-corrected chi connectivity index (χ4v) is 2.93. The van der Waals surface area contributed by atoms with Gasteiger partial charge in [-0.2, -0.15) is 0 Å². The Morgan fingerprint density at radius 2 is 2.04 bits per heavy atom. The lowest BCUT2D eigenvalue weighted by molar-refractivity contribution is 0.0935. The van der Waals surface area contributed by atoms with E-state index >= 15 is 0 Å². The summed E-state index contributed by atoms with van der Waals surface area (Å²) in [4.78, 5) is 24.0. The van der Waals surface area contributed by atoms with Crippen LogP contribution in [-0.2, 0) is 0 Å². The number of rotatable bonds is 3. The van der Waals surface area contributed by atoms with E-state index in [0.29, 0.717) is 12.1 Å². The summed E-state index contributed by atoms with van der Waals surface area (Å²) in [5.41, 5.74) is 1.31. The summed E-state index contributed by atoms with van der Waals surface area (Å²) in [6, 6.07) is 11.3. The molecule has 2 aromatic rings. The van der Waals surface area contributed by atoms with Crippen LogP contribution >= 0.6 is 11.6 Å². The molecule has 23 heavy (non-hydrogen) atoms. The van der Waals surface area contributed by atoms with Crippen LogP contribution in [0.5, 0.6) is 0 Å². The average molecular weight is 333 g/mol. The third-order valence-electron chi connectivity index (χ3n) is 3.85. The molecule has 1 aliphatic heterocycles. The number of carbonyl (C=O) groups is 2. The molecule has 3 rings (SSSR count). The first-order chi connectivity index (χ1) is 11.1. The second kappa shape index (κ2) is 6.38. The molecule has 0 bridgehead atoms. The van der Waals surface area contributed by atoms with E-state index in [9.17, 15) is 14.0 Å². The van der Waals surface area contributed by atoms with Gasteiger partial charge < -0.3 is 10.6 Å². The van der Waals surface area contributed by atoms with Crippen molar-refractivity contribution in [3.63, 3.8) is 0 Å². The van der Waals surface area contributed by atoms with Gasteiger partial charge in [0.15, 0.2) is 0 Å². The van der Waals surface area contributed by atoms with Crippen molar-refractivity contribution >= 4 is 23.4 Å². The van der Waals surface area contributed by atoms with E-state index < -0.39 is 11.7 Å². The summed E-state index contributed by atoms with van der Waals surface area (Å²) in [7, 11) is 0. The van der Waals surface area contributed by atoms with Crippen LogP contribution in [0.2, 0.25) is 5.02 Å². The molecule has 0 fully saturated rings. The molecular weight excluding hydrogens is 319 g/mol. The van der Waals surface area contributed by atoms with Gasteiger partial charge in [-0.3, -0.25) is 9.59 Å². The van der Waals surface area contributed by atoms with Gasteiger partial charge in [-0.15, -0.1) is 0 Å². The number of benzene rings is 2. The van der Waals surface area contributed by atoms with E-state index in [1.807, 2.05) is 12.1 Å². The zero-order valence-electron chi connectivity index (χ0n) is 12.1. The van der Waals surface area contributed by atoms with E-state index in [4.69, 9.17) is 11.6 Å². The lowest BCUT2D eigenvalue weighted by Gasteiger charge is -2.26. The Hall–Kier alpha value is -2.40. The summed E-state index contributed by atoms with van der Waals surface area (Å²) in [5.74, 6) is -1.42. The Balaban J connectivity index is 1.76. The highest BCUT2D eigenvalue weighted by Crippen LogP contribution is 2.24. The highest BCUT2D eigenvalue weighted by molar-refractivity contribution is 6.33. The van der Waals surface area contributed by atoms with Crippen LogP contribution in [0.15, 0.2) is 42.5 Å². The molecule has 0 radical (unpaired) electrons. The van der Waals surface area contributed by atoms with Gasteiger partial charge in [0.2, 0.25) is 0 Å². The summed E-state index contributed by atoms with van der Waals surface area (Å²) in [6.45, 7) is 0.696. The van der Waals surface area contributed by atoms with Crippen molar-refractivity contribution in [2.24, 2.45) is 0 Å². The summed E-state index contributed by atoms with van der Waals surface area (Å²) < 4.78 is 13.8. The van der Waals surface area contributed by atoms with Crippen molar-refractivity contribution in [2.45, 2.75) is 5.92 Å². The Morgan fingerprint density at radius 3 is 2.83 bits per heavy atom. The smallest absolute Gasteiger partial charge is 0.255 e. The predicted molar refractivity (Wildman–Crippen MR) is 85.3 cm³/mol. The maximum atomic E-state index is 13.8. The normalized spacial score (nSPS) is 16.4. The quantitative estimate of drug-likeness (QED) is 0.908. The molecule has 2 N–H and O–H groups in total. The molecule has 2 amide bonds. The molecule has 0 saturated heterocycles. The molecule has 0 saturated carbocycles. The summed E-state index contributed by atoms with van der Waals surface area (Å²) in [5, 5.41) is 5.54. The Bertz CT molecular complexity index is 759. The molecule has 1 unspecified atom stereocenters. The topological polar surface area (TPSA) is 58.2 Å². The minimum absolute atomic E-state index is 0.0693. The molecule has 6 heteroatoms. The van der Waals surface area contributed by atoms with Gasteiger partial charge in [0.1, 0.15) is 5.82 Å². The van der Waals surface area contributed by atoms with Crippen LogP contribution in [0.4, 0.5) is 4.39 Å². The van der Waals surface area contributed by atoms with Crippen molar-refractivity contribution in [3.05, 3.63) is 70.0 Å². The lowest BCUT2D eigenvalue weighted by Crippen LogP contribution is -2.40. The van der Waals surface area contributed by atoms with E-state index in [-0.39, 0.29) is 29.0 Å². The molecule has 1 atom stereocenters. The summed E-state index contributed by atoms with van der Waals surface area (Å²) >= 11 is 5.89. The third-order valence-corrected chi connectivity index (χ3v) is 4.17. The van der Waals surface area contributed by atoms with Crippen LogP contribution < -0.4 is 10.6 Å². The van der Waals surface area contributed by atoms with Crippen LogP contribution in [0.1, 0.15) is 32.2 Å². The fourth-order valence-electron chi connectivity index (χ4n) is 2.68. The molecule has 1 heterocycles. The molecule has 118 valence electrons. The Labute approximate surface area is 137 Å². The molecule has 0 aromatic heterocycles. The third kappa shape index (κ3) is 3.05. The van der Waals surface area contributed by atoms with E-state index in [2.05, 4.69) is 10.6 Å². The number of hydrogen-bond donors (Lipinski definition) is 2. The first kappa shape index (κ1) is 15.5. The van der Waals surface area contributed by atoms with Crippen molar-refractivity contribution in [1.29, 1.82) is 0 Å². The Morgan fingerprint density at radius 1 is 1.26 bits per heavy atom. The van der Waals surface area contributed by atoms with Crippen LogP contribution in [0.25, 0.3) is 0 Å². The standard InChI is InChI=1S/C17H14ClFN2O2/c18-13-6-3-7-14(19)15(13)17(23)21-9-10-8-20-16(22)12-5-2-1-4-11(10)12/h1-7,10H,8-9H2,(H,20,22)(H,21,23). The number of carbonyl (C=O) groups excluding carboxylic acids is 2. The zero-order chi connectivity index (χ0) is 16.4. The number of fused-ring (bicyclic) bond motifs is 1. The molecule has 1 aliphatic rings. The highest BCUT2D eigenvalue weighted by Gasteiger charge is 2.25. The van der Waals surface area contributed by atoms with Gasteiger partial charge in [0.25, 0.3) is 11.8 Å². The second-order valence-electron chi connectivity index (χ2n) is 5.30. The van der Waals surface area contributed by atoms with Crippen molar-refractivity contribution in [2.75, 3.05) is 13.1 Å². The van der Waals surface area contributed by atoms with Crippen LogP contribution in [0, 0.1) is 5.82 Å². The van der Waals surface area contributed by atoms with E-state index in [1.54, 1.807) is 12.1 Å². The number of amides is 2. The first-order valence-corrected chi connectivity index (χ1v) is 7.55. The SMILES string of the molecule is O=C1NCC(CNC(=O)c2c(F)cccc2Cl)c2ccccc21. The monoisotopic (exact) mass is 332 g/mol. The van der Waals surface area contributed by atoms with Crippen LogP contribution in [0.3, 0.4) is 0 Å². The Kier molecular flexibility index (Phi) is 4.30. The van der Waals surface area contributed by atoms with Gasteiger partial charge >= 0.3 is 0 Å². The maximum Gasteiger partial charge on any atom is 0.255 e. The van der Waals surface area contributed by atoms with Gasteiger partial charge in [0.05, 0.1) is 10.6 Å². The van der Waals surface area contributed by atoms with Gasteiger partial charge in [-0.05, 0) is 23.8 Å². The van der Waals surface area contributed by atoms with Gasteiger partial charge in [-0.25, -0.2) is 4.39 Å². The number of halogens is 2. The average Bonchev–Trinajstić information content (AvgIpc) is 2.54. The van der Waals surface area contributed by atoms with Crippen molar-refractivity contribution in [3.8, 4) is 0 Å². The van der Waals surface area contributed by atoms with Gasteiger partial charge in [-0.1, -0.05) is 35.9 Å². The molecule has 2 aromatic carbocycles. The van der Waals surface area contributed by atoms with Crippen molar-refractivity contribution < 1.29 is 14.0 Å². The number of nitrogens with one attached hydrogen (secondary N) is 2. The fraction of sp³-hybridized carbons (Fsp3) is 0.176. The van der Waals surface area contributed by atoms with Crippen LogP contribution in [-0.4, -0.2) is 24.9 Å². The predicted octanol–water partition coefficient (Wildman–Crippen LogP) is 2.74. The molecule has 0 spiro atoms. The lowest BCUT2D eigenvalue weighted by atomic mass is 9.90. The molecular formula is C17H14ClFN2O2. The zero-order valence-corrected chi connectivity index (χ0v) is 12.9. The molecule has 4 nitrogen and oxygen atoms in total. The minimum atomic E-state index is -0.660. The second-order valence-corrected chi connectivity index (χ2v) is 5.71. The van der Waals surface area contributed by atoms with Crippen molar-refractivity contribution in [1.82, 2.24) is 10.6 Å². The van der Waals surface area contributed by atoms with E-state index in [0.717, 1.165) is 5.56 Å². The largest absolute Gasteiger partial charge is 0.351 e. The maximum absolute atomic E-state index is 13.8. The number of hydrogen-bond acceptors (Lipinski definition) is 2. The minimum Gasteiger partial charge on any atom is -0.351 e. The first-order valence-electron chi connectivity index (χ1n) is 7.17. The summed E-state index contributed by atoms with van der Waals surface area (Å²) in [6.07, 6.45) is 0. The van der Waals surface area contributed by atoms with E-state index in [1.165, 1.54) is 18.2 Å². The van der Waals surface area contributed by atoms with Gasteiger partial charge in [0, 0.05) is 24.6 Å².